The maximum Gasteiger partial charge on any atom is 0.211 e. The number of piperidine rings is 1. The van der Waals surface area contributed by atoms with Crippen LogP contribution in [-0.4, -0.2) is 42.8 Å². The summed E-state index contributed by atoms with van der Waals surface area (Å²) in [4.78, 5) is 16.6. The Bertz CT molecular complexity index is 640. The quantitative estimate of drug-likeness (QED) is 0.797. The van der Waals surface area contributed by atoms with Gasteiger partial charge in [0.2, 0.25) is 10.0 Å². The zero-order valence-electron chi connectivity index (χ0n) is 12.8. The highest BCUT2D eigenvalue weighted by Gasteiger charge is 2.28. The lowest BCUT2D eigenvalue weighted by atomic mass is 9.92. The van der Waals surface area contributed by atoms with Crippen molar-refractivity contribution >= 4 is 15.8 Å². The minimum absolute atomic E-state index is 0.00727. The average Bonchev–Trinajstić information content (AvgIpc) is 2.37. The molecule has 2 heterocycles. The molecule has 1 unspecified atom stereocenters. The van der Waals surface area contributed by atoms with Crippen molar-refractivity contribution in [2.45, 2.75) is 33.1 Å². The molecule has 116 valence electrons. The van der Waals surface area contributed by atoms with E-state index < -0.39 is 10.0 Å². The zero-order chi connectivity index (χ0) is 15.6. The van der Waals surface area contributed by atoms with Gasteiger partial charge in [-0.05, 0) is 43.7 Å². The highest BCUT2D eigenvalue weighted by molar-refractivity contribution is 7.88. The van der Waals surface area contributed by atoms with Gasteiger partial charge in [-0.25, -0.2) is 12.7 Å². The van der Waals surface area contributed by atoms with E-state index in [0.717, 1.165) is 24.0 Å². The number of rotatable bonds is 4. The fourth-order valence-electron chi connectivity index (χ4n) is 2.86. The van der Waals surface area contributed by atoms with Crippen LogP contribution in [0.2, 0.25) is 0 Å². The van der Waals surface area contributed by atoms with Crippen molar-refractivity contribution in [3.63, 3.8) is 0 Å². The lowest BCUT2D eigenvalue weighted by Crippen LogP contribution is -2.39. The standard InChI is InChI=1S/C15H22N2O3S/c1-11-7-12(2)15(16-9-11)14(18)8-13-5-4-6-17(10-13)21(3,19)20/h7,9,13H,4-6,8,10H2,1-3H3. The van der Waals surface area contributed by atoms with Crippen LogP contribution in [0.1, 0.15) is 40.9 Å². The number of aromatic nitrogens is 1. The Morgan fingerprint density at radius 3 is 2.76 bits per heavy atom. The summed E-state index contributed by atoms with van der Waals surface area (Å²) in [6.07, 6.45) is 4.99. The number of Topliss-reactive ketones (excluding diaryl/α,β-unsaturated/α-hetero) is 1. The third kappa shape index (κ3) is 4.11. The van der Waals surface area contributed by atoms with Crippen molar-refractivity contribution in [3.8, 4) is 0 Å². The molecule has 0 N–H and O–H groups in total. The number of hydrogen-bond donors (Lipinski definition) is 0. The summed E-state index contributed by atoms with van der Waals surface area (Å²) in [6.45, 7) is 4.83. The summed E-state index contributed by atoms with van der Waals surface area (Å²) in [5.41, 5.74) is 2.43. The SMILES string of the molecule is Cc1cnc(C(=O)CC2CCCN(S(C)(=O)=O)C2)c(C)c1. The molecule has 1 aromatic rings. The largest absolute Gasteiger partial charge is 0.292 e. The van der Waals surface area contributed by atoms with Gasteiger partial charge >= 0.3 is 0 Å². The highest BCUT2D eigenvalue weighted by atomic mass is 32.2. The number of pyridine rings is 1. The number of aryl methyl sites for hydroxylation is 2. The first-order valence-corrected chi connectivity index (χ1v) is 9.04. The van der Waals surface area contributed by atoms with Crippen molar-refractivity contribution in [2.24, 2.45) is 5.92 Å². The minimum atomic E-state index is -3.17. The summed E-state index contributed by atoms with van der Waals surface area (Å²) in [5.74, 6) is 0.0938. The summed E-state index contributed by atoms with van der Waals surface area (Å²) in [7, 11) is -3.17. The fourth-order valence-corrected chi connectivity index (χ4v) is 3.80. The predicted molar refractivity (Wildman–Crippen MR) is 81.8 cm³/mol. The predicted octanol–water partition coefficient (Wildman–Crippen LogP) is 1.94. The number of sulfonamides is 1. The molecule has 0 aromatic carbocycles. The van der Waals surface area contributed by atoms with Gasteiger partial charge in [0.1, 0.15) is 5.69 Å². The van der Waals surface area contributed by atoms with Gasteiger partial charge in [0, 0.05) is 25.7 Å². The Kier molecular flexibility index (Phi) is 4.78. The van der Waals surface area contributed by atoms with E-state index in [9.17, 15) is 13.2 Å². The third-order valence-electron chi connectivity index (χ3n) is 3.90. The summed E-state index contributed by atoms with van der Waals surface area (Å²) >= 11 is 0. The first-order valence-electron chi connectivity index (χ1n) is 7.19. The maximum atomic E-state index is 12.4. The molecule has 6 heteroatoms. The van der Waals surface area contributed by atoms with Gasteiger partial charge in [0.25, 0.3) is 0 Å². The molecule has 1 fully saturated rings. The normalized spacial score (nSPS) is 20.4. The fraction of sp³-hybridized carbons (Fsp3) is 0.600. The van der Waals surface area contributed by atoms with Gasteiger partial charge in [-0.3, -0.25) is 9.78 Å². The highest BCUT2D eigenvalue weighted by Crippen LogP contribution is 2.23. The molecular formula is C15H22N2O3S. The molecule has 0 amide bonds. The first kappa shape index (κ1) is 16.1. The molecule has 0 saturated carbocycles. The number of hydrogen-bond acceptors (Lipinski definition) is 4. The van der Waals surface area contributed by atoms with E-state index >= 15 is 0 Å². The van der Waals surface area contributed by atoms with Gasteiger partial charge in [0.05, 0.1) is 6.26 Å². The molecule has 1 saturated heterocycles. The van der Waals surface area contributed by atoms with E-state index in [-0.39, 0.29) is 11.7 Å². The molecular weight excluding hydrogens is 288 g/mol. The Balaban J connectivity index is 2.05. The number of ketones is 1. The van der Waals surface area contributed by atoms with Crippen LogP contribution in [0.4, 0.5) is 0 Å². The van der Waals surface area contributed by atoms with Crippen LogP contribution in [0.15, 0.2) is 12.3 Å². The second kappa shape index (κ2) is 6.23. The Morgan fingerprint density at radius 2 is 2.14 bits per heavy atom. The van der Waals surface area contributed by atoms with Crippen LogP contribution in [0.5, 0.6) is 0 Å². The van der Waals surface area contributed by atoms with Gasteiger partial charge in [-0.1, -0.05) is 6.07 Å². The van der Waals surface area contributed by atoms with Crippen LogP contribution in [-0.2, 0) is 10.0 Å². The summed E-state index contributed by atoms with van der Waals surface area (Å²) < 4.78 is 24.7. The first-order chi connectivity index (χ1) is 9.77. The second-order valence-corrected chi connectivity index (χ2v) is 7.92. The molecule has 1 aliphatic rings. The van der Waals surface area contributed by atoms with Crippen molar-refractivity contribution in [1.29, 1.82) is 0 Å². The molecule has 1 aliphatic heterocycles. The third-order valence-corrected chi connectivity index (χ3v) is 5.17. The van der Waals surface area contributed by atoms with Gasteiger partial charge in [-0.2, -0.15) is 0 Å². The molecule has 0 radical (unpaired) electrons. The van der Waals surface area contributed by atoms with E-state index in [0.29, 0.717) is 25.2 Å². The van der Waals surface area contributed by atoms with Crippen molar-refractivity contribution in [1.82, 2.24) is 9.29 Å². The minimum Gasteiger partial charge on any atom is -0.292 e. The summed E-state index contributed by atoms with van der Waals surface area (Å²) in [5, 5.41) is 0. The lowest BCUT2D eigenvalue weighted by Gasteiger charge is -2.30. The van der Waals surface area contributed by atoms with Crippen LogP contribution >= 0.6 is 0 Å². The maximum absolute atomic E-state index is 12.4. The van der Waals surface area contributed by atoms with Gasteiger partial charge in [0.15, 0.2) is 5.78 Å². The van der Waals surface area contributed by atoms with Crippen LogP contribution in [0, 0.1) is 19.8 Å². The Morgan fingerprint density at radius 1 is 1.43 bits per heavy atom. The van der Waals surface area contributed by atoms with Crippen LogP contribution < -0.4 is 0 Å². The Labute approximate surface area is 126 Å². The van der Waals surface area contributed by atoms with E-state index in [1.54, 1.807) is 6.20 Å². The topological polar surface area (TPSA) is 67.3 Å². The van der Waals surface area contributed by atoms with E-state index in [1.807, 2.05) is 19.9 Å². The molecule has 1 aromatic heterocycles. The molecule has 5 nitrogen and oxygen atoms in total. The molecule has 0 bridgehead atoms. The zero-order valence-corrected chi connectivity index (χ0v) is 13.6. The monoisotopic (exact) mass is 310 g/mol. The van der Waals surface area contributed by atoms with Crippen molar-refractivity contribution < 1.29 is 13.2 Å². The molecule has 0 aliphatic carbocycles. The number of carbonyl (C=O) groups is 1. The van der Waals surface area contributed by atoms with E-state index in [2.05, 4.69) is 4.98 Å². The van der Waals surface area contributed by atoms with Crippen molar-refractivity contribution in [2.75, 3.05) is 19.3 Å². The average molecular weight is 310 g/mol. The van der Waals surface area contributed by atoms with E-state index in [1.165, 1.54) is 10.6 Å². The summed E-state index contributed by atoms with van der Waals surface area (Å²) in [6, 6.07) is 1.95. The van der Waals surface area contributed by atoms with Crippen LogP contribution in [0.3, 0.4) is 0 Å². The molecule has 21 heavy (non-hydrogen) atoms. The van der Waals surface area contributed by atoms with Gasteiger partial charge in [-0.15, -0.1) is 0 Å². The molecule has 1 atom stereocenters. The number of carbonyl (C=O) groups excluding carboxylic acids is 1. The van der Waals surface area contributed by atoms with E-state index in [4.69, 9.17) is 0 Å². The molecule has 0 spiro atoms. The second-order valence-electron chi connectivity index (χ2n) is 5.93. The van der Waals surface area contributed by atoms with Gasteiger partial charge < -0.3 is 0 Å². The molecule has 2 rings (SSSR count). The smallest absolute Gasteiger partial charge is 0.211 e. The van der Waals surface area contributed by atoms with Crippen LogP contribution in [0.25, 0.3) is 0 Å². The lowest BCUT2D eigenvalue weighted by molar-refractivity contribution is 0.0937. The number of nitrogens with zero attached hydrogens (tertiary/aromatic N) is 2. The van der Waals surface area contributed by atoms with Crippen molar-refractivity contribution in [3.05, 3.63) is 29.1 Å². The Hall–Kier alpha value is -1.27.